The summed E-state index contributed by atoms with van der Waals surface area (Å²) in [7, 11) is -6.14. The summed E-state index contributed by atoms with van der Waals surface area (Å²) in [5, 5.41) is 10.9. The van der Waals surface area contributed by atoms with E-state index in [1.807, 2.05) is 0 Å². The third-order valence-corrected chi connectivity index (χ3v) is 5.93. The van der Waals surface area contributed by atoms with Crippen LogP contribution in [0.15, 0.2) is 22.6 Å². The summed E-state index contributed by atoms with van der Waals surface area (Å²) in [6.07, 6.45) is 0.334. The fourth-order valence-electron chi connectivity index (χ4n) is 2.20. The van der Waals surface area contributed by atoms with E-state index in [0.29, 0.717) is 11.8 Å². The molecule has 0 atom stereocenters. The standard InChI is InChI=1S/C16H20BrF2NO5SSi/c1-27(2,3)25-15-13(21)14(12-10(18)6-4-7-11(12)19)24-16(15)20-26(22,23)9-5-8-17/h4,6-7,20-21H,5,8-9H2,1-3H3. The summed E-state index contributed by atoms with van der Waals surface area (Å²) in [4.78, 5) is 0. The van der Waals surface area contributed by atoms with Crippen LogP contribution in [0, 0.1) is 11.6 Å². The van der Waals surface area contributed by atoms with Crippen LogP contribution in [0.4, 0.5) is 14.7 Å². The van der Waals surface area contributed by atoms with E-state index < -0.39 is 52.9 Å². The van der Waals surface area contributed by atoms with E-state index in [9.17, 15) is 22.3 Å². The summed E-state index contributed by atoms with van der Waals surface area (Å²) in [5.41, 5.74) is -0.610. The zero-order valence-corrected chi connectivity index (χ0v) is 18.4. The molecule has 0 amide bonds. The van der Waals surface area contributed by atoms with Gasteiger partial charge in [-0.05, 0) is 38.2 Å². The van der Waals surface area contributed by atoms with Crippen molar-refractivity contribution in [3.63, 3.8) is 0 Å². The molecule has 2 N–H and O–H groups in total. The van der Waals surface area contributed by atoms with Crippen LogP contribution in [0.2, 0.25) is 19.6 Å². The molecule has 0 bridgehead atoms. The summed E-state index contributed by atoms with van der Waals surface area (Å²) in [5.74, 6) is -4.05. The molecule has 1 aromatic carbocycles. The summed E-state index contributed by atoms with van der Waals surface area (Å²) < 4.78 is 65.8. The van der Waals surface area contributed by atoms with Crippen LogP contribution in [0.5, 0.6) is 11.5 Å². The fraction of sp³-hybridized carbons (Fsp3) is 0.375. The zero-order chi connectivity index (χ0) is 20.4. The van der Waals surface area contributed by atoms with Gasteiger partial charge in [0.25, 0.3) is 5.88 Å². The number of rotatable bonds is 8. The first-order valence-electron chi connectivity index (χ1n) is 8.01. The van der Waals surface area contributed by atoms with Gasteiger partial charge in [0.05, 0.1) is 11.3 Å². The van der Waals surface area contributed by atoms with Crippen molar-refractivity contribution in [3.05, 3.63) is 29.8 Å². The molecule has 27 heavy (non-hydrogen) atoms. The van der Waals surface area contributed by atoms with E-state index in [1.54, 1.807) is 19.6 Å². The van der Waals surface area contributed by atoms with Crippen molar-refractivity contribution in [1.82, 2.24) is 0 Å². The Morgan fingerprint density at radius 1 is 1.26 bits per heavy atom. The Balaban J connectivity index is 2.59. The van der Waals surface area contributed by atoms with E-state index in [2.05, 4.69) is 20.7 Å². The molecule has 0 aliphatic heterocycles. The lowest BCUT2D eigenvalue weighted by atomic mass is 10.1. The highest BCUT2D eigenvalue weighted by molar-refractivity contribution is 9.09. The van der Waals surface area contributed by atoms with Crippen LogP contribution in [-0.2, 0) is 10.0 Å². The Morgan fingerprint density at radius 3 is 2.37 bits per heavy atom. The molecule has 2 aromatic rings. The Morgan fingerprint density at radius 2 is 1.85 bits per heavy atom. The van der Waals surface area contributed by atoms with Gasteiger partial charge >= 0.3 is 0 Å². The third-order valence-electron chi connectivity index (χ3n) is 3.23. The topological polar surface area (TPSA) is 88.8 Å². The van der Waals surface area contributed by atoms with E-state index in [0.717, 1.165) is 18.2 Å². The monoisotopic (exact) mass is 483 g/mol. The highest BCUT2D eigenvalue weighted by Crippen LogP contribution is 2.48. The summed E-state index contributed by atoms with van der Waals surface area (Å²) in [6, 6.07) is 3.16. The van der Waals surface area contributed by atoms with Gasteiger partial charge in [0.15, 0.2) is 5.76 Å². The first-order valence-corrected chi connectivity index (χ1v) is 14.2. The van der Waals surface area contributed by atoms with Crippen LogP contribution in [-0.4, -0.2) is 32.9 Å². The van der Waals surface area contributed by atoms with E-state index in [-0.39, 0.29) is 11.5 Å². The predicted molar refractivity (Wildman–Crippen MR) is 106 cm³/mol. The number of hydrogen-bond donors (Lipinski definition) is 2. The first-order chi connectivity index (χ1) is 12.4. The predicted octanol–water partition coefficient (Wildman–Crippen LogP) is 4.67. The summed E-state index contributed by atoms with van der Waals surface area (Å²) in [6.45, 7) is 5.39. The molecular weight excluding hydrogens is 464 g/mol. The minimum absolute atomic E-state index is 0.213. The van der Waals surface area contributed by atoms with Crippen LogP contribution >= 0.6 is 15.9 Å². The van der Waals surface area contributed by atoms with Crippen molar-refractivity contribution in [2.75, 3.05) is 15.8 Å². The molecule has 2 rings (SSSR count). The highest BCUT2D eigenvalue weighted by Gasteiger charge is 2.31. The normalized spacial score (nSPS) is 12.2. The number of furan rings is 1. The lowest BCUT2D eigenvalue weighted by molar-refractivity contribution is 0.438. The molecule has 11 heteroatoms. The van der Waals surface area contributed by atoms with Crippen molar-refractivity contribution in [1.29, 1.82) is 0 Å². The summed E-state index contributed by atoms with van der Waals surface area (Å²) >= 11 is 3.15. The molecule has 0 spiro atoms. The van der Waals surface area contributed by atoms with Crippen molar-refractivity contribution >= 4 is 40.2 Å². The molecule has 0 aliphatic rings. The average Bonchev–Trinajstić information content (AvgIpc) is 2.80. The molecule has 6 nitrogen and oxygen atoms in total. The molecule has 0 saturated carbocycles. The molecule has 0 unspecified atom stereocenters. The molecule has 0 fully saturated rings. The number of aromatic hydroxyl groups is 1. The first kappa shape index (κ1) is 21.7. The lowest BCUT2D eigenvalue weighted by Gasteiger charge is -2.19. The number of sulfonamides is 1. The van der Waals surface area contributed by atoms with Crippen LogP contribution in [0.1, 0.15) is 6.42 Å². The minimum Gasteiger partial charge on any atom is -0.538 e. The minimum atomic E-state index is -3.82. The number of hydrogen-bond acceptors (Lipinski definition) is 5. The molecular formula is C16H20BrF2NO5SSi. The van der Waals surface area contributed by atoms with Crippen LogP contribution in [0.3, 0.4) is 0 Å². The zero-order valence-electron chi connectivity index (χ0n) is 15.0. The van der Waals surface area contributed by atoms with Crippen molar-refractivity contribution in [3.8, 4) is 22.8 Å². The van der Waals surface area contributed by atoms with Gasteiger partial charge in [-0.15, -0.1) is 0 Å². The molecule has 150 valence electrons. The van der Waals surface area contributed by atoms with Gasteiger partial charge in [0, 0.05) is 5.33 Å². The Kier molecular flexibility index (Phi) is 6.58. The third kappa shape index (κ3) is 5.45. The van der Waals surface area contributed by atoms with Crippen molar-refractivity contribution in [2.24, 2.45) is 0 Å². The largest absolute Gasteiger partial charge is 0.538 e. The maximum absolute atomic E-state index is 14.1. The number of anilines is 1. The second-order valence-corrected chi connectivity index (χ2v) is 13.8. The van der Waals surface area contributed by atoms with Crippen LogP contribution in [0.25, 0.3) is 11.3 Å². The Labute approximate surface area is 165 Å². The Hall–Kier alpha value is -1.59. The van der Waals surface area contributed by atoms with Gasteiger partial charge in [-0.1, -0.05) is 22.0 Å². The second kappa shape index (κ2) is 8.19. The number of halogens is 3. The van der Waals surface area contributed by atoms with Crippen molar-refractivity contribution in [2.45, 2.75) is 26.1 Å². The van der Waals surface area contributed by atoms with Gasteiger partial charge in [0.1, 0.15) is 11.6 Å². The number of alkyl halides is 1. The highest BCUT2D eigenvalue weighted by atomic mass is 79.9. The number of benzene rings is 1. The molecule has 1 aromatic heterocycles. The van der Waals surface area contributed by atoms with Gasteiger partial charge in [-0.2, -0.15) is 0 Å². The van der Waals surface area contributed by atoms with Gasteiger partial charge in [-0.3, -0.25) is 0 Å². The molecule has 0 aliphatic carbocycles. The molecule has 0 radical (unpaired) electrons. The number of nitrogens with one attached hydrogen (secondary N) is 1. The van der Waals surface area contributed by atoms with Crippen LogP contribution < -0.4 is 9.15 Å². The van der Waals surface area contributed by atoms with Gasteiger partial charge in [0.2, 0.25) is 29.8 Å². The molecule has 0 saturated heterocycles. The lowest BCUT2D eigenvalue weighted by Crippen LogP contribution is -2.29. The second-order valence-electron chi connectivity index (χ2n) is 6.71. The smallest absolute Gasteiger partial charge is 0.252 e. The quantitative estimate of drug-likeness (QED) is 0.420. The van der Waals surface area contributed by atoms with E-state index >= 15 is 0 Å². The van der Waals surface area contributed by atoms with Crippen molar-refractivity contribution < 1.29 is 31.1 Å². The maximum Gasteiger partial charge on any atom is 0.252 e. The fourth-order valence-corrected chi connectivity index (χ4v) is 4.69. The molecule has 1 heterocycles. The van der Waals surface area contributed by atoms with Gasteiger partial charge in [-0.25, -0.2) is 21.9 Å². The SMILES string of the molecule is C[Si](C)(C)Oc1c(NS(=O)(=O)CCCBr)oc(-c2c(F)cccc2F)c1O. The van der Waals surface area contributed by atoms with Gasteiger partial charge < -0.3 is 13.9 Å². The van der Waals surface area contributed by atoms with E-state index in [4.69, 9.17) is 8.84 Å². The van der Waals surface area contributed by atoms with E-state index in [1.165, 1.54) is 0 Å². The average molecular weight is 484 g/mol. The Bertz CT molecular complexity index is 907. The maximum atomic E-state index is 14.1.